The fourth-order valence-corrected chi connectivity index (χ4v) is 2.51. The standard InChI is InChI=1S/C18H20O3/c1-2-21-18(20)17(14-8-4-3-5-9-14)12-15-10-6-7-11-16(15)13-19/h3-5,8-9,12-13H,2,6-7,10-11H2,1H3/b17-12-. The highest BCUT2D eigenvalue weighted by Crippen LogP contribution is 2.28. The van der Waals surface area contributed by atoms with Gasteiger partial charge in [0.2, 0.25) is 0 Å². The molecular formula is C18H20O3. The van der Waals surface area contributed by atoms with Crippen molar-refractivity contribution in [2.75, 3.05) is 6.61 Å². The van der Waals surface area contributed by atoms with Crippen molar-refractivity contribution >= 4 is 17.8 Å². The lowest BCUT2D eigenvalue weighted by molar-refractivity contribution is -0.136. The lowest BCUT2D eigenvalue weighted by atomic mass is 9.90. The third-order valence-electron chi connectivity index (χ3n) is 3.60. The van der Waals surface area contributed by atoms with Gasteiger partial charge in [0.05, 0.1) is 12.2 Å². The first-order valence-corrected chi connectivity index (χ1v) is 7.37. The molecule has 0 saturated heterocycles. The molecule has 0 radical (unpaired) electrons. The summed E-state index contributed by atoms with van der Waals surface area (Å²) in [5, 5.41) is 0. The van der Waals surface area contributed by atoms with Gasteiger partial charge < -0.3 is 4.74 Å². The third kappa shape index (κ3) is 3.91. The van der Waals surface area contributed by atoms with Crippen LogP contribution in [0.5, 0.6) is 0 Å². The van der Waals surface area contributed by atoms with E-state index in [0.29, 0.717) is 12.2 Å². The summed E-state index contributed by atoms with van der Waals surface area (Å²) in [4.78, 5) is 23.4. The molecule has 0 fully saturated rings. The lowest BCUT2D eigenvalue weighted by Crippen LogP contribution is -2.08. The zero-order chi connectivity index (χ0) is 15.1. The van der Waals surface area contributed by atoms with E-state index >= 15 is 0 Å². The zero-order valence-corrected chi connectivity index (χ0v) is 12.3. The first-order valence-electron chi connectivity index (χ1n) is 7.37. The van der Waals surface area contributed by atoms with Crippen LogP contribution in [-0.2, 0) is 14.3 Å². The maximum Gasteiger partial charge on any atom is 0.338 e. The minimum absolute atomic E-state index is 0.336. The summed E-state index contributed by atoms with van der Waals surface area (Å²) in [7, 11) is 0. The van der Waals surface area contributed by atoms with E-state index in [-0.39, 0.29) is 5.97 Å². The Hall–Kier alpha value is -2.16. The Morgan fingerprint density at radius 2 is 1.81 bits per heavy atom. The quantitative estimate of drug-likeness (QED) is 0.470. The molecule has 0 unspecified atom stereocenters. The molecule has 0 N–H and O–H groups in total. The van der Waals surface area contributed by atoms with E-state index in [9.17, 15) is 9.59 Å². The summed E-state index contributed by atoms with van der Waals surface area (Å²) < 4.78 is 5.15. The number of carbonyl (C=O) groups is 2. The molecule has 1 aromatic carbocycles. The van der Waals surface area contributed by atoms with Crippen LogP contribution in [0.2, 0.25) is 0 Å². The van der Waals surface area contributed by atoms with Crippen LogP contribution in [0.15, 0.2) is 47.6 Å². The number of aldehydes is 1. The van der Waals surface area contributed by atoms with Crippen molar-refractivity contribution in [3.63, 3.8) is 0 Å². The summed E-state index contributed by atoms with van der Waals surface area (Å²) in [6.07, 6.45) is 6.46. The highest BCUT2D eigenvalue weighted by atomic mass is 16.5. The molecular weight excluding hydrogens is 264 g/mol. The van der Waals surface area contributed by atoms with Gasteiger partial charge in [0, 0.05) is 0 Å². The third-order valence-corrected chi connectivity index (χ3v) is 3.60. The van der Waals surface area contributed by atoms with Gasteiger partial charge in [-0.15, -0.1) is 0 Å². The molecule has 0 amide bonds. The molecule has 110 valence electrons. The molecule has 21 heavy (non-hydrogen) atoms. The molecule has 1 aliphatic carbocycles. The SMILES string of the molecule is CCOC(=O)/C(=C\C1=C(C=O)CCCC1)c1ccccc1. The van der Waals surface area contributed by atoms with Crippen LogP contribution in [0.25, 0.3) is 5.57 Å². The summed E-state index contributed by atoms with van der Waals surface area (Å²) >= 11 is 0. The molecule has 3 nitrogen and oxygen atoms in total. The summed E-state index contributed by atoms with van der Waals surface area (Å²) in [6.45, 7) is 2.12. The van der Waals surface area contributed by atoms with Gasteiger partial charge in [0.15, 0.2) is 0 Å². The van der Waals surface area contributed by atoms with Gasteiger partial charge in [-0.05, 0) is 55.4 Å². The first kappa shape index (κ1) is 15.2. The molecule has 0 heterocycles. The number of hydrogen-bond donors (Lipinski definition) is 0. The molecule has 0 spiro atoms. The Morgan fingerprint density at radius 3 is 2.43 bits per heavy atom. The van der Waals surface area contributed by atoms with Gasteiger partial charge in [-0.2, -0.15) is 0 Å². The smallest absolute Gasteiger partial charge is 0.338 e. The number of allylic oxidation sites excluding steroid dienone is 3. The van der Waals surface area contributed by atoms with Crippen LogP contribution < -0.4 is 0 Å². The number of rotatable bonds is 5. The number of hydrogen-bond acceptors (Lipinski definition) is 3. The second-order valence-electron chi connectivity index (χ2n) is 5.02. The van der Waals surface area contributed by atoms with Gasteiger partial charge in [0.1, 0.15) is 6.29 Å². The van der Waals surface area contributed by atoms with E-state index < -0.39 is 0 Å². The van der Waals surface area contributed by atoms with Crippen molar-refractivity contribution in [1.29, 1.82) is 0 Å². The van der Waals surface area contributed by atoms with Gasteiger partial charge in [0.25, 0.3) is 0 Å². The van der Waals surface area contributed by atoms with Gasteiger partial charge in [-0.3, -0.25) is 4.79 Å². The minimum atomic E-state index is -0.341. The Bertz CT molecular complexity index is 567. The number of benzene rings is 1. The van der Waals surface area contributed by atoms with Gasteiger partial charge >= 0.3 is 5.97 Å². The molecule has 0 atom stereocenters. The monoisotopic (exact) mass is 284 g/mol. The average Bonchev–Trinajstić information content (AvgIpc) is 2.54. The van der Waals surface area contributed by atoms with Crippen molar-refractivity contribution in [3.8, 4) is 0 Å². The molecule has 0 bridgehead atoms. The number of ether oxygens (including phenoxy) is 1. The van der Waals surface area contributed by atoms with E-state index in [0.717, 1.165) is 48.7 Å². The second-order valence-corrected chi connectivity index (χ2v) is 5.02. The summed E-state index contributed by atoms with van der Waals surface area (Å²) in [6, 6.07) is 9.44. The molecule has 2 rings (SSSR count). The van der Waals surface area contributed by atoms with Crippen molar-refractivity contribution in [2.45, 2.75) is 32.6 Å². The van der Waals surface area contributed by atoms with Gasteiger partial charge in [-0.1, -0.05) is 30.3 Å². The molecule has 1 aromatic rings. The van der Waals surface area contributed by atoms with Crippen molar-refractivity contribution < 1.29 is 14.3 Å². The normalized spacial score (nSPS) is 15.8. The Morgan fingerprint density at radius 1 is 1.14 bits per heavy atom. The predicted octanol–water partition coefficient (Wildman–Crippen LogP) is 3.70. The molecule has 0 aromatic heterocycles. The topological polar surface area (TPSA) is 43.4 Å². The number of esters is 1. The van der Waals surface area contributed by atoms with Crippen LogP contribution in [0.1, 0.15) is 38.2 Å². The minimum Gasteiger partial charge on any atom is -0.462 e. The summed E-state index contributed by atoms with van der Waals surface area (Å²) in [5.41, 5.74) is 3.11. The maximum absolute atomic E-state index is 12.2. The fraction of sp³-hybridized carbons (Fsp3) is 0.333. The maximum atomic E-state index is 12.2. The van der Waals surface area contributed by atoms with Crippen LogP contribution in [0.4, 0.5) is 0 Å². The Labute approximate surface area is 125 Å². The van der Waals surface area contributed by atoms with E-state index in [2.05, 4.69) is 0 Å². The lowest BCUT2D eigenvalue weighted by Gasteiger charge is -2.15. The van der Waals surface area contributed by atoms with Crippen LogP contribution in [0.3, 0.4) is 0 Å². The first-order chi connectivity index (χ1) is 10.3. The largest absolute Gasteiger partial charge is 0.462 e. The van der Waals surface area contributed by atoms with Crippen molar-refractivity contribution in [1.82, 2.24) is 0 Å². The molecule has 1 aliphatic rings. The van der Waals surface area contributed by atoms with E-state index in [1.54, 1.807) is 6.92 Å². The molecule has 0 saturated carbocycles. The van der Waals surface area contributed by atoms with Crippen LogP contribution in [0, 0.1) is 0 Å². The Kier molecular flexibility index (Phi) is 5.50. The summed E-state index contributed by atoms with van der Waals surface area (Å²) in [5.74, 6) is -0.341. The average molecular weight is 284 g/mol. The van der Waals surface area contributed by atoms with E-state index in [1.165, 1.54) is 0 Å². The molecule has 0 aliphatic heterocycles. The highest BCUT2D eigenvalue weighted by Gasteiger charge is 2.17. The predicted molar refractivity (Wildman–Crippen MR) is 82.6 cm³/mol. The van der Waals surface area contributed by atoms with E-state index in [4.69, 9.17) is 4.74 Å². The van der Waals surface area contributed by atoms with E-state index in [1.807, 2.05) is 36.4 Å². The second kappa shape index (κ2) is 7.58. The van der Waals surface area contributed by atoms with Crippen LogP contribution in [-0.4, -0.2) is 18.9 Å². The van der Waals surface area contributed by atoms with Gasteiger partial charge in [-0.25, -0.2) is 4.79 Å². The Balaban J connectivity index is 2.44. The fourth-order valence-electron chi connectivity index (χ4n) is 2.51. The molecule has 3 heteroatoms. The van der Waals surface area contributed by atoms with Crippen molar-refractivity contribution in [3.05, 3.63) is 53.1 Å². The highest BCUT2D eigenvalue weighted by molar-refractivity contribution is 6.17. The van der Waals surface area contributed by atoms with Crippen LogP contribution >= 0.6 is 0 Å². The van der Waals surface area contributed by atoms with Crippen molar-refractivity contribution in [2.24, 2.45) is 0 Å². The number of carbonyl (C=O) groups excluding carboxylic acids is 2. The zero-order valence-electron chi connectivity index (χ0n) is 12.3.